The minimum Gasteiger partial charge on any atom is -0.481 e. The Hall–Kier alpha value is -1.87. The van der Waals surface area contributed by atoms with Crippen LogP contribution in [0.2, 0.25) is 5.02 Å². The summed E-state index contributed by atoms with van der Waals surface area (Å²) in [7, 11) is 0. The van der Waals surface area contributed by atoms with E-state index < -0.39 is 11.8 Å². The molecule has 0 saturated heterocycles. The van der Waals surface area contributed by atoms with Crippen LogP contribution < -0.4 is 0 Å². The van der Waals surface area contributed by atoms with Gasteiger partial charge in [-0.05, 0) is 60.2 Å². The van der Waals surface area contributed by atoms with Gasteiger partial charge >= 0.3 is 5.97 Å². The fraction of sp³-hybridized carbons (Fsp3) is 0.235. The number of benzene rings is 2. The van der Waals surface area contributed by atoms with E-state index in [0.717, 1.165) is 22.3 Å². The second-order valence-corrected chi connectivity index (χ2v) is 5.50. The zero-order valence-electron chi connectivity index (χ0n) is 11.9. The summed E-state index contributed by atoms with van der Waals surface area (Å²) in [5.74, 6) is -1.49. The third-order valence-electron chi connectivity index (χ3n) is 3.48. The van der Waals surface area contributed by atoms with Gasteiger partial charge in [0.05, 0.1) is 5.02 Å². The van der Waals surface area contributed by atoms with Crippen molar-refractivity contribution < 1.29 is 14.3 Å². The Morgan fingerprint density at radius 1 is 1.24 bits per heavy atom. The molecular formula is C17H16ClFO2. The zero-order chi connectivity index (χ0) is 15.6. The normalized spacial score (nSPS) is 10.7. The van der Waals surface area contributed by atoms with Crippen LogP contribution in [0.15, 0.2) is 30.3 Å². The molecule has 0 spiro atoms. The van der Waals surface area contributed by atoms with Crippen LogP contribution in [-0.4, -0.2) is 11.1 Å². The summed E-state index contributed by atoms with van der Waals surface area (Å²) in [4.78, 5) is 10.7. The summed E-state index contributed by atoms with van der Waals surface area (Å²) in [6.07, 6.45) is 0.00309. The molecule has 0 aromatic heterocycles. The minimum absolute atomic E-state index is 0.0236. The Morgan fingerprint density at radius 3 is 2.43 bits per heavy atom. The van der Waals surface area contributed by atoms with Crippen LogP contribution in [0.3, 0.4) is 0 Å². The van der Waals surface area contributed by atoms with Gasteiger partial charge in [0.25, 0.3) is 0 Å². The largest absolute Gasteiger partial charge is 0.481 e. The van der Waals surface area contributed by atoms with E-state index in [1.165, 1.54) is 0 Å². The van der Waals surface area contributed by atoms with Gasteiger partial charge in [0, 0.05) is 6.42 Å². The lowest BCUT2D eigenvalue weighted by Crippen LogP contribution is -2.01. The molecule has 4 heteroatoms. The van der Waals surface area contributed by atoms with Crippen LogP contribution in [0.25, 0.3) is 11.1 Å². The maximum atomic E-state index is 14.0. The molecule has 21 heavy (non-hydrogen) atoms. The average molecular weight is 307 g/mol. The lowest BCUT2D eigenvalue weighted by atomic mass is 9.93. The first kappa shape index (κ1) is 15.5. The maximum absolute atomic E-state index is 14.0. The third-order valence-corrected chi connectivity index (χ3v) is 3.76. The predicted octanol–water partition coefficient (Wildman–Crippen LogP) is 4.78. The van der Waals surface area contributed by atoms with Crippen LogP contribution in [0, 0.1) is 19.7 Å². The van der Waals surface area contributed by atoms with Gasteiger partial charge < -0.3 is 5.11 Å². The Balaban J connectivity index is 2.53. The van der Waals surface area contributed by atoms with Crippen molar-refractivity contribution in [2.75, 3.05) is 0 Å². The number of aryl methyl sites for hydroxylation is 3. The molecule has 2 rings (SSSR count). The van der Waals surface area contributed by atoms with Crippen molar-refractivity contribution in [1.29, 1.82) is 0 Å². The number of aliphatic carboxylic acids is 1. The molecule has 0 saturated carbocycles. The Morgan fingerprint density at radius 2 is 1.86 bits per heavy atom. The van der Waals surface area contributed by atoms with Gasteiger partial charge in [-0.1, -0.05) is 29.8 Å². The number of rotatable bonds is 4. The van der Waals surface area contributed by atoms with Gasteiger partial charge in [0.15, 0.2) is 0 Å². The number of carboxylic acid groups (broad SMARTS) is 1. The van der Waals surface area contributed by atoms with Crippen molar-refractivity contribution in [3.8, 4) is 11.1 Å². The molecule has 2 aromatic rings. The lowest BCUT2D eigenvalue weighted by Gasteiger charge is -2.13. The molecule has 1 N–H and O–H groups in total. The molecule has 0 atom stereocenters. The maximum Gasteiger partial charge on any atom is 0.303 e. The van der Waals surface area contributed by atoms with E-state index in [1.54, 1.807) is 12.1 Å². The van der Waals surface area contributed by atoms with Crippen molar-refractivity contribution >= 4 is 17.6 Å². The molecule has 0 heterocycles. The van der Waals surface area contributed by atoms with E-state index in [0.29, 0.717) is 5.56 Å². The second-order valence-electron chi connectivity index (χ2n) is 5.09. The molecule has 0 fully saturated rings. The summed E-state index contributed by atoms with van der Waals surface area (Å²) < 4.78 is 14.0. The van der Waals surface area contributed by atoms with Crippen LogP contribution in [0.4, 0.5) is 4.39 Å². The fourth-order valence-electron chi connectivity index (χ4n) is 2.48. The zero-order valence-corrected chi connectivity index (χ0v) is 12.7. The second kappa shape index (κ2) is 6.27. The first-order chi connectivity index (χ1) is 9.90. The summed E-state index contributed by atoms with van der Waals surface area (Å²) in [5, 5.41) is 8.78. The number of carbonyl (C=O) groups is 1. The van der Waals surface area contributed by atoms with Crippen molar-refractivity contribution in [1.82, 2.24) is 0 Å². The number of hydrogen-bond acceptors (Lipinski definition) is 1. The van der Waals surface area contributed by atoms with Gasteiger partial charge in [-0.3, -0.25) is 4.79 Å². The molecule has 0 amide bonds. The SMILES string of the molecule is Cc1cccc(C)c1-c1cc(Cl)c(F)c(CCC(=O)O)c1. The summed E-state index contributed by atoms with van der Waals surface area (Å²) in [6, 6.07) is 9.22. The average Bonchev–Trinajstić information content (AvgIpc) is 2.40. The Bertz CT molecular complexity index is 675. The van der Waals surface area contributed by atoms with Crippen LogP contribution in [0.5, 0.6) is 0 Å². The van der Waals surface area contributed by atoms with Gasteiger partial charge in [-0.2, -0.15) is 0 Å². The van der Waals surface area contributed by atoms with Crippen LogP contribution in [0.1, 0.15) is 23.1 Å². The van der Waals surface area contributed by atoms with Crippen molar-refractivity contribution in [3.63, 3.8) is 0 Å². The van der Waals surface area contributed by atoms with E-state index in [2.05, 4.69) is 0 Å². The Kier molecular flexibility index (Phi) is 4.63. The molecule has 0 aliphatic rings. The van der Waals surface area contributed by atoms with E-state index >= 15 is 0 Å². The highest BCUT2D eigenvalue weighted by Crippen LogP contribution is 2.32. The van der Waals surface area contributed by atoms with Gasteiger partial charge in [0.2, 0.25) is 0 Å². The highest BCUT2D eigenvalue weighted by molar-refractivity contribution is 6.31. The summed E-state index contributed by atoms with van der Waals surface area (Å²) in [5.41, 5.74) is 4.31. The summed E-state index contributed by atoms with van der Waals surface area (Å²) in [6.45, 7) is 3.97. The van der Waals surface area contributed by atoms with E-state index in [-0.39, 0.29) is 17.9 Å². The number of halogens is 2. The lowest BCUT2D eigenvalue weighted by molar-refractivity contribution is -0.136. The van der Waals surface area contributed by atoms with E-state index in [1.807, 2.05) is 32.0 Å². The highest BCUT2D eigenvalue weighted by Gasteiger charge is 2.14. The molecular weight excluding hydrogens is 291 g/mol. The van der Waals surface area contributed by atoms with E-state index in [9.17, 15) is 9.18 Å². The molecule has 2 aromatic carbocycles. The van der Waals surface area contributed by atoms with Crippen LogP contribution in [-0.2, 0) is 11.2 Å². The van der Waals surface area contributed by atoms with Gasteiger partial charge in [0.1, 0.15) is 5.82 Å². The first-order valence-corrected chi connectivity index (χ1v) is 7.04. The fourth-order valence-corrected chi connectivity index (χ4v) is 2.72. The molecule has 0 radical (unpaired) electrons. The molecule has 2 nitrogen and oxygen atoms in total. The molecule has 0 aliphatic heterocycles. The topological polar surface area (TPSA) is 37.3 Å². The minimum atomic E-state index is -0.956. The first-order valence-electron chi connectivity index (χ1n) is 6.66. The smallest absolute Gasteiger partial charge is 0.303 e. The molecule has 110 valence electrons. The van der Waals surface area contributed by atoms with Crippen molar-refractivity contribution in [2.24, 2.45) is 0 Å². The number of hydrogen-bond donors (Lipinski definition) is 1. The van der Waals surface area contributed by atoms with Gasteiger partial charge in [-0.15, -0.1) is 0 Å². The van der Waals surface area contributed by atoms with E-state index in [4.69, 9.17) is 16.7 Å². The summed E-state index contributed by atoms with van der Waals surface area (Å²) >= 11 is 5.97. The van der Waals surface area contributed by atoms with Gasteiger partial charge in [-0.25, -0.2) is 4.39 Å². The molecule has 0 bridgehead atoms. The third kappa shape index (κ3) is 3.42. The molecule has 0 unspecified atom stereocenters. The highest BCUT2D eigenvalue weighted by atomic mass is 35.5. The van der Waals surface area contributed by atoms with Crippen molar-refractivity contribution in [3.05, 3.63) is 57.9 Å². The monoisotopic (exact) mass is 306 g/mol. The number of carboxylic acids is 1. The predicted molar refractivity (Wildman–Crippen MR) is 82.3 cm³/mol. The van der Waals surface area contributed by atoms with Crippen molar-refractivity contribution in [2.45, 2.75) is 26.7 Å². The molecule has 0 aliphatic carbocycles. The Labute approximate surface area is 128 Å². The quantitative estimate of drug-likeness (QED) is 0.882. The standard InChI is InChI=1S/C17H16ClFO2/c1-10-4-3-5-11(2)16(10)13-8-12(6-7-15(20)21)17(19)14(18)9-13/h3-5,8-9H,6-7H2,1-2H3,(H,20,21). The van der Waals surface area contributed by atoms with Crippen LogP contribution >= 0.6 is 11.6 Å².